The highest BCUT2D eigenvalue weighted by Gasteiger charge is 2.55. The fourth-order valence-electron chi connectivity index (χ4n) is 0.922. The maximum absolute atomic E-state index is 10.6. The highest BCUT2D eigenvalue weighted by molar-refractivity contribution is 5.78. The third kappa shape index (κ3) is 1.93. The Morgan fingerprint density at radius 2 is 2.24 bits per heavy atom. The highest BCUT2D eigenvalue weighted by Crippen LogP contribution is 2.16. The first-order valence-corrected chi connectivity index (χ1v) is 3.87. The Morgan fingerprint density at radius 3 is 2.76 bits per heavy atom. The lowest BCUT2D eigenvalue weighted by molar-refractivity contribution is -0.588. The lowest BCUT2D eigenvalue weighted by atomic mass is 10.5. The van der Waals surface area contributed by atoms with Gasteiger partial charge in [-0.15, -0.1) is 4.94 Å². The first kappa shape index (κ1) is 10.7. The number of rotatable bonds is 3. The van der Waals surface area contributed by atoms with E-state index in [2.05, 4.69) is 29.9 Å². The van der Waals surface area contributed by atoms with E-state index < -0.39 is 21.8 Å². The standard InChI is InChI=1S/C4H2N6O7/c11-8(12)3-4(9(13)14)10(17-7-3)15-2-1-5-16-6-2/h1,4H. The van der Waals surface area contributed by atoms with E-state index in [1.165, 1.54) is 0 Å². The number of hydrogen-bond donors (Lipinski definition) is 0. The molecule has 13 heteroatoms. The number of hydrogen-bond acceptors (Lipinski definition) is 11. The monoisotopic (exact) mass is 246 g/mol. The number of oxime groups is 1. The second-order valence-electron chi connectivity index (χ2n) is 2.57. The van der Waals surface area contributed by atoms with Crippen LogP contribution in [0.5, 0.6) is 5.88 Å². The zero-order chi connectivity index (χ0) is 12.4. The minimum absolute atomic E-state index is 0.192. The summed E-state index contributed by atoms with van der Waals surface area (Å²) in [4.78, 5) is 27.9. The van der Waals surface area contributed by atoms with E-state index in [-0.39, 0.29) is 11.1 Å². The molecule has 1 unspecified atom stereocenters. The SMILES string of the molecule is O=[N+]([O-])C1=NON(Oc2cnon2)C1[N+](=O)[O-]. The van der Waals surface area contributed by atoms with Gasteiger partial charge in [-0.05, 0) is 10.1 Å². The Bertz CT molecular complexity index is 469. The van der Waals surface area contributed by atoms with E-state index in [4.69, 9.17) is 0 Å². The van der Waals surface area contributed by atoms with Crippen molar-refractivity contribution in [2.24, 2.45) is 5.16 Å². The number of nitrogens with zero attached hydrogens (tertiary/aromatic N) is 6. The minimum Gasteiger partial charge on any atom is -0.358 e. The molecule has 90 valence electrons. The Hall–Kier alpha value is -2.83. The summed E-state index contributed by atoms with van der Waals surface area (Å²) in [5.74, 6) is -1.30. The second kappa shape index (κ2) is 3.97. The summed E-state index contributed by atoms with van der Waals surface area (Å²) >= 11 is 0. The van der Waals surface area contributed by atoms with Crippen molar-refractivity contribution < 1.29 is 24.3 Å². The van der Waals surface area contributed by atoms with Crippen molar-refractivity contribution in [2.45, 2.75) is 6.17 Å². The molecule has 2 rings (SSSR count). The van der Waals surface area contributed by atoms with Gasteiger partial charge in [-0.25, -0.2) is 4.63 Å². The Balaban J connectivity index is 2.15. The number of nitro groups is 2. The molecule has 0 aliphatic carbocycles. The summed E-state index contributed by atoms with van der Waals surface area (Å²) in [7, 11) is 0. The molecule has 2 heterocycles. The summed E-state index contributed by atoms with van der Waals surface area (Å²) in [5.41, 5.74) is 0. The van der Waals surface area contributed by atoms with Crippen LogP contribution in [0.4, 0.5) is 0 Å². The molecule has 1 aliphatic heterocycles. The molecule has 0 saturated heterocycles. The van der Waals surface area contributed by atoms with Gasteiger partial charge in [-0.1, -0.05) is 5.16 Å². The molecular formula is C4H2N6O7. The first-order valence-electron chi connectivity index (χ1n) is 3.87. The summed E-state index contributed by atoms with van der Waals surface area (Å²) in [6, 6.07) is 0. The molecule has 1 aromatic rings. The summed E-state index contributed by atoms with van der Waals surface area (Å²) < 4.78 is 4.15. The van der Waals surface area contributed by atoms with Crippen LogP contribution in [0.15, 0.2) is 16.0 Å². The van der Waals surface area contributed by atoms with Gasteiger partial charge in [0.15, 0.2) is 10.4 Å². The molecule has 0 fully saturated rings. The van der Waals surface area contributed by atoms with Crippen LogP contribution in [0.1, 0.15) is 0 Å². The summed E-state index contributed by atoms with van der Waals surface area (Å²) in [6.07, 6.45) is -1.04. The van der Waals surface area contributed by atoms with E-state index in [9.17, 15) is 20.2 Å². The van der Waals surface area contributed by atoms with Crippen LogP contribution >= 0.6 is 0 Å². The summed E-state index contributed by atoms with van der Waals surface area (Å²) in [6.45, 7) is 0. The van der Waals surface area contributed by atoms with Crippen molar-refractivity contribution in [3.63, 3.8) is 0 Å². The lowest BCUT2D eigenvalue weighted by Gasteiger charge is -2.08. The zero-order valence-corrected chi connectivity index (χ0v) is 7.70. The Kier molecular flexibility index (Phi) is 2.49. The van der Waals surface area contributed by atoms with Crippen molar-refractivity contribution in [1.29, 1.82) is 0 Å². The van der Waals surface area contributed by atoms with Crippen LogP contribution in [0.3, 0.4) is 0 Å². The summed E-state index contributed by atoms with van der Waals surface area (Å²) in [5, 5.41) is 30.5. The van der Waals surface area contributed by atoms with E-state index in [0.29, 0.717) is 0 Å². The molecule has 0 N–H and O–H groups in total. The van der Waals surface area contributed by atoms with E-state index in [1.54, 1.807) is 0 Å². The quantitative estimate of drug-likeness (QED) is 0.468. The van der Waals surface area contributed by atoms with Gasteiger partial charge in [0.2, 0.25) is 0 Å². The Morgan fingerprint density at radius 1 is 1.47 bits per heavy atom. The van der Waals surface area contributed by atoms with E-state index >= 15 is 0 Å². The molecule has 0 bridgehead atoms. The van der Waals surface area contributed by atoms with Gasteiger partial charge in [0.25, 0.3) is 0 Å². The molecule has 0 aromatic carbocycles. The predicted octanol–water partition coefficient (Wildman–Crippen LogP) is -1.20. The molecule has 13 nitrogen and oxygen atoms in total. The fraction of sp³-hybridized carbons (Fsp3) is 0.250. The molecule has 1 aromatic heterocycles. The molecule has 1 atom stereocenters. The van der Waals surface area contributed by atoms with Gasteiger partial charge < -0.3 is 15.0 Å². The van der Waals surface area contributed by atoms with Crippen LogP contribution in [0, 0.1) is 20.2 Å². The van der Waals surface area contributed by atoms with Gasteiger partial charge in [0.05, 0.1) is 4.92 Å². The maximum atomic E-state index is 10.6. The van der Waals surface area contributed by atoms with E-state index in [1.807, 2.05) is 0 Å². The number of aromatic nitrogens is 2. The topological polar surface area (TPSA) is 159 Å². The van der Waals surface area contributed by atoms with Crippen LogP contribution in [0.25, 0.3) is 0 Å². The zero-order valence-electron chi connectivity index (χ0n) is 7.70. The normalized spacial score (nSPS) is 19.5. The Labute approximate surface area is 90.3 Å². The average molecular weight is 246 g/mol. The van der Waals surface area contributed by atoms with Gasteiger partial charge in [0.1, 0.15) is 6.20 Å². The fourth-order valence-corrected chi connectivity index (χ4v) is 0.922. The molecule has 1 aliphatic rings. The van der Waals surface area contributed by atoms with Gasteiger partial charge in [0, 0.05) is 0 Å². The van der Waals surface area contributed by atoms with Crippen molar-refractivity contribution >= 4 is 5.84 Å². The van der Waals surface area contributed by atoms with Gasteiger partial charge in [-0.2, -0.15) is 0 Å². The maximum Gasteiger partial charge on any atom is 0.485 e. The van der Waals surface area contributed by atoms with Crippen molar-refractivity contribution in [3.05, 3.63) is 26.4 Å². The molecule has 0 amide bonds. The molecular weight excluding hydrogens is 244 g/mol. The van der Waals surface area contributed by atoms with Gasteiger partial charge in [-0.3, -0.25) is 10.1 Å². The lowest BCUT2D eigenvalue weighted by Crippen LogP contribution is -2.45. The average Bonchev–Trinajstić information content (AvgIpc) is 2.86. The minimum atomic E-state index is -2.01. The molecule has 17 heavy (non-hydrogen) atoms. The van der Waals surface area contributed by atoms with Crippen LogP contribution < -0.4 is 4.84 Å². The number of hydroxylamine groups is 2. The molecule has 0 radical (unpaired) electrons. The van der Waals surface area contributed by atoms with Crippen molar-refractivity contribution in [3.8, 4) is 5.88 Å². The largest absolute Gasteiger partial charge is 0.485 e. The van der Waals surface area contributed by atoms with Crippen molar-refractivity contribution in [1.82, 2.24) is 15.5 Å². The van der Waals surface area contributed by atoms with E-state index in [0.717, 1.165) is 6.20 Å². The highest BCUT2D eigenvalue weighted by atomic mass is 17.0. The third-order valence-corrected chi connectivity index (χ3v) is 1.56. The smallest absolute Gasteiger partial charge is 0.358 e. The van der Waals surface area contributed by atoms with Crippen LogP contribution in [-0.2, 0) is 4.94 Å². The molecule has 0 saturated carbocycles. The third-order valence-electron chi connectivity index (χ3n) is 1.56. The molecule has 0 spiro atoms. The number of amidine groups is 1. The van der Waals surface area contributed by atoms with Crippen molar-refractivity contribution in [2.75, 3.05) is 0 Å². The van der Waals surface area contributed by atoms with Gasteiger partial charge >= 0.3 is 17.9 Å². The van der Waals surface area contributed by atoms with Crippen LogP contribution in [0.2, 0.25) is 0 Å². The first-order chi connectivity index (χ1) is 8.09. The predicted molar refractivity (Wildman–Crippen MR) is 43.1 cm³/mol. The second-order valence-corrected chi connectivity index (χ2v) is 2.57. The van der Waals surface area contributed by atoms with Crippen LogP contribution in [-0.4, -0.2) is 37.4 Å².